The zero-order valence-electron chi connectivity index (χ0n) is 11.2. The topological polar surface area (TPSA) is 29.9 Å². The van der Waals surface area contributed by atoms with Crippen molar-refractivity contribution in [3.8, 4) is 11.3 Å². The van der Waals surface area contributed by atoms with Gasteiger partial charge in [-0.15, -0.1) is 0 Å². The van der Waals surface area contributed by atoms with Gasteiger partial charge in [0, 0.05) is 19.2 Å². The van der Waals surface area contributed by atoms with Gasteiger partial charge in [0.25, 0.3) is 0 Å². The second-order valence-electron chi connectivity index (χ2n) is 4.54. The molecule has 0 atom stereocenters. The molecule has 0 unspecified atom stereocenters. The number of nitrogens with zero attached hydrogens (tertiary/aromatic N) is 2. The van der Waals surface area contributed by atoms with Crippen LogP contribution in [-0.2, 0) is 13.6 Å². The summed E-state index contributed by atoms with van der Waals surface area (Å²) < 4.78 is 15.2. The number of halogens is 1. The quantitative estimate of drug-likeness (QED) is 0.903. The SMILES string of the molecule is CNCc1nn(C)c(-c2ccc(F)c(C)c2)c1C. The zero-order valence-corrected chi connectivity index (χ0v) is 11.2. The fourth-order valence-electron chi connectivity index (χ4n) is 2.22. The lowest BCUT2D eigenvalue weighted by molar-refractivity contribution is 0.618. The van der Waals surface area contributed by atoms with Gasteiger partial charge in [0.05, 0.1) is 11.4 Å². The first-order valence-corrected chi connectivity index (χ1v) is 5.98. The maximum absolute atomic E-state index is 13.3. The van der Waals surface area contributed by atoms with Crippen molar-refractivity contribution in [2.24, 2.45) is 7.05 Å². The molecular formula is C14H18FN3. The summed E-state index contributed by atoms with van der Waals surface area (Å²) in [6.07, 6.45) is 0. The Morgan fingerprint density at radius 1 is 1.33 bits per heavy atom. The Morgan fingerprint density at radius 3 is 2.67 bits per heavy atom. The molecular weight excluding hydrogens is 229 g/mol. The van der Waals surface area contributed by atoms with E-state index < -0.39 is 0 Å². The second kappa shape index (κ2) is 4.90. The van der Waals surface area contributed by atoms with E-state index in [-0.39, 0.29) is 5.82 Å². The van der Waals surface area contributed by atoms with E-state index in [9.17, 15) is 4.39 Å². The molecule has 0 saturated carbocycles. The van der Waals surface area contributed by atoms with Crippen LogP contribution in [0.5, 0.6) is 0 Å². The second-order valence-corrected chi connectivity index (χ2v) is 4.54. The minimum atomic E-state index is -0.172. The van der Waals surface area contributed by atoms with Gasteiger partial charge in [-0.2, -0.15) is 5.10 Å². The number of rotatable bonds is 3. The largest absolute Gasteiger partial charge is 0.314 e. The minimum absolute atomic E-state index is 0.172. The van der Waals surface area contributed by atoms with E-state index in [4.69, 9.17) is 0 Å². The van der Waals surface area contributed by atoms with Crippen molar-refractivity contribution < 1.29 is 4.39 Å². The van der Waals surface area contributed by atoms with Crippen LogP contribution in [0.1, 0.15) is 16.8 Å². The Labute approximate surface area is 107 Å². The molecule has 18 heavy (non-hydrogen) atoms. The summed E-state index contributed by atoms with van der Waals surface area (Å²) in [6.45, 7) is 4.56. The highest BCUT2D eigenvalue weighted by Gasteiger charge is 2.14. The van der Waals surface area contributed by atoms with Crippen molar-refractivity contribution in [1.29, 1.82) is 0 Å². The van der Waals surface area contributed by atoms with Crippen molar-refractivity contribution >= 4 is 0 Å². The molecule has 0 radical (unpaired) electrons. The van der Waals surface area contributed by atoms with Crippen molar-refractivity contribution in [3.05, 3.63) is 40.8 Å². The third-order valence-corrected chi connectivity index (χ3v) is 3.16. The molecule has 0 aliphatic heterocycles. The van der Waals surface area contributed by atoms with Gasteiger partial charge in [0.2, 0.25) is 0 Å². The summed E-state index contributed by atoms with van der Waals surface area (Å²) >= 11 is 0. The van der Waals surface area contributed by atoms with E-state index >= 15 is 0 Å². The molecule has 1 aromatic heterocycles. The average Bonchev–Trinajstić information content (AvgIpc) is 2.59. The number of nitrogens with one attached hydrogen (secondary N) is 1. The first-order valence-electron chi connectivity index (χ1n) is 5.98. The Kier molecular flexibility index (Phi) is 3.48. The molecule has 3 nitrogen and oxygen atoms in total. The van der Waals surface area contributed by atoms with Crippen LogP contribution >= 0.6 is 0 Å². The molecule has 1 heterocycles. The monoisotopic (exact) mass is 247 g/mol. The van der Waals surface area contributed by atoms with Gasteiger partial charge in [0.15, 0.2) is 0 Å². The van der Waals surface area contributed by atoms with Crippen LogP contribution in [0.25, 0.3) is 11.3 Å². The Hall–Kier alpha value is -1.68. The predicted octanol–water partition coefficient (Wildman–Crippen LogP) is 2.56. The molecule has 1 N–H and O–H groups in total. The lowest BCUT2D eigenvalue weighted by Crippen LogP contribution is -2.06. The molecule has 0 saturated heterocycles. The zero-order chi connectivity index (χ0) is 13.3. The minimum Gasteiger partial charge on any atom is -0.314 e. The van der Waals surface area contributed by atoms with Gasteiger partial charge in [-0.25, -0.2) is 4.39 Å². The third-order valence-electron chi connectivity index (χ3n) is 3.16. The summed E-state index contributed by atoms with van der Waals surface area (Å²) in [5.74, 6) is -0.172. The fourth-order valence-corrected chi connectivity index (χ4v) is 2.22. The number of benzene rings is 1. The van der Waals surface area contributed by atoms with Gasteiger partial charge in [-0.05, 0) is 50.2 Å². The van der Waals surface area contributed by atoms with E-state index in [1.165, 1.54) is 6.07 Å². The molecule has 2 aromatic rings. The number of aromatic nitrogens is 2. The van der Waals surface area contributed by atoms with Crippen molar-refractivity contribution in [1.82, 2.24) is 15.1 Å². The van der Waals surface area contributed by atoms with Crippen LogP contribution in [0.15, 0.2) is 18.2 Å². The summed E-state index contributed by atoms with van der Waals surface area (Å²) in [4.78, 5) is 0. The Balaban J connectivity index is 2.53. The molecule has 0 amide bonds. The highest BCUT2D eigenvalue weighted by molar-refractivity contribution is 5.65. The normalized spacial score (nSPS) is 10.9. The molecule has 96 valence electrons. The van der Waals surface area contributed by atoms with E-state index in [1.54, 1.807) is 13.0 Å². The van der Waals surface area contributed by atoms with Crippen LogP contribution in [0.3, 0.4) is 0 Å². The maximum atomic E-state index is 13.3. The summed E-state index contributed by atoms with van der Waals surface area (Å²) in [5.41, 5.74) is 4.87. The van der Waals surface area contributed by atoms with E-state index in [0.29, 0.717) is 5.56 Å². The van der Waals surface area contributed by atoms with E-state index in [0.717, 1.165) is 29.1 Å². The lowest BCUT2D eigenvalue weighted by Gasteiger charge is -2.06. The smallest absolute Gasteiger partial charge is 0.126 e. The van der Waals surface area contributed by atoms with Crippen LogP contribution in [0, 0.1) is 19.7 Å². The van der Waals surface area contributed by atoms with E-state index in [1.807, 2.05) is 31.8 Å². The summed E-state index contributed by atoms with van der Waals surface area (Å²) in [7, 11) is 3.82. The van der Waals surface area contributed by atoms with Crippen LogP contribution in [0.4, 0.5) is 4.39 Å². The highest BCUT2D eigenvalue weighted by Crippen LogP contribution is 2.26. The van der Waals surface area contributed by atoms with Gasteiger partial charge >= 0.3 is 0 Å². The van der Waals surface area contributed by atoms with Crippen LogP contribution < -0.4 is 5.32 Å². The first-order chi connectivity index (χ1) is 8.54. The summed E-state index contributed by atoms with van der Waals surface area (Å²) in [5, 5.41) is 7.59. The molecule has 2 rings (SSSR count). The molecule has 4 heteroatoms. The average molecular weight is 247 g/mol. The van der Waals surface area contributed by atoms with Gasteiger partial charge in [-0.3, -0.25) is 4.68 Å². The summed E-state index contributed by atoms with van der Waals surface area (Å²) in [6, 6.07) is 5.17. The molecule has 0 spiro atoms. The van der Waals surface area contributed by atoms with Crippen LogP contribution in [0.2, 0.25) is 0 Å². The highest BCUT2D eigenvalue weighted by atomic mass is 19.1. The predicted molar refractivity (Wildman–Crippen MR) is 70.8 cm³/mol. The Morgan fingerprint density at radius 2 is 2.06 bits per heavy atom. The van der Waals surface area contributed by atoms with Gasteiger partial charge in [-0.1, -0.05) is 0 Å². The Bertz CT molecular complexity index is 573. The van der Waals surface area contributed by atoms with Gasteiger partial charge < -0.3 is 5.32 Å². The molecule has 0 fully saturated rings. The molecule has 1 aromatic carbocycles. The molecule has 0 bridgehead atoms. The maximum Gasteiger partial charge on any atom is 0.126 e. The first kappa shape index (κ1) is 12.8. The fraction of sp³-hybridized carbons (Fsp3) is 0.357. The lowest BCUT2D eigenvalue weighted by atomic mass is 10.0. The number of hydrogen-bond acceptors (Lipinski definition) is 2. The third kappa shape index (κ3) is 2.16. The van der Waals surface area contributed by atoms with Crippen molar-refractivity contribution in [2.75, 3.05) is 7.05 Å². The van der Waals surface area contributed by atoms with Crippen molar-refractivity contribution in [2.45, 2.75) is 20.4 Å². The standard InChI is InChI=1S/C14H18FN3/c1-9-7-11(5-6-12(9)15)14-10(2)13(8-16-3)17-18(14)4/h5-7,16H,8H2,1-4H3. The molecule has 0 aliphatic rings. The van der Waals surface area contributed by atoms with Crippen molar-refractivity contribution in [3.63, 3.8) is 0 Å². The molecule has 0 aliphatic carbocycles. The van der Waals surface area contributed by atoms with E-state index in [2.05, 4.69) is 10.4 Å². The number of aryl methyl sites for hydroxylation is 2. The number of hydrogen-bond donors (Lipinski definition) is 1. The van der Waals surface area contributed by atoms with Crippen LogP contribution in [-0.4, -0.2) is 16.8 Å². The van der Waals surface area contributed by atoms with Gasteiger partial charge in [0.1, 0.15) is 5.82 Å².